The van der Waals surface area contributed by atoms with Crippen LogP contribution in [0.4, 0.5) is 5.69 Å². The van der Waals surface area contributed by atoms with Crippen LogP contribution in [0.2, 0.25) is 0 Å². The molecule has 1 aromatic carbocycles. The van der Waals surface area contributed by atoms with Gasteiger partial charge in [0.1, 0.15) is 6.61 Å². The highest BCUT2D eigenvalue weighted by Crippen LogP contribution is 2.12. The molecule has 116 valence electrons. The molecule has 1 amide bonds. The molecule has 0 unspecified atom stereocenters. The molecule has 0 aromatic heterocycles. The van der Waals surface area contributed by atoms with Crippen LogP contribution in [0.1, 0.15) is 19.4 Å². The summed E-state index contributed by atoms with van der Waals surface area (Å²) in [7, 11) is 0. The number of hydrogen-bond donors (Lipinski definition) is 1. The molecule has 0 bridgehead atoms. The van der Waals surface area contributed by atoms with Crippen molar-refractivity contribution in [1.82, 2.24) is 4.90 Å². The molecule has 0 aliphatic carbocycles. The first-order chi connectivity index (χ1) is 10.1. The van der Waals surface area contributed by atoms with Crippen LogP contribution >= 0.6 is 0 Å². The first kappa shape index (κ1) is 15.9. The Morgan fingerprint density at radius 2 is 1.95 bits per heavy atom. The Morgan fingerprint density at radius 1 is 1.29 bits per heavy atom. The van der Waals surface area contributed by atoms with Crippen molar-refractivity contribution in [3.8, 4) is 0 Å². The molecule has 1 aliphatic rings. The van der Waals surface area contributed by atoms with Gasteiger partial charge in [0, 0.05) is 25.3 Å². The van der Waals surface area contributed by atoms with Gasteiger partial charge >= 0.3 is 0 Å². The van der Waals surface area contributed by atoms with Gasteiger partial charge in [-0.3, -0.25) is 9.69 Å². The quantitative estimate of drug-likeness (QED) is 0.870. The van der Waals surface area contributed by atoms with Gasteiger partial charge in [-0.1, -0.05) is 12.1 Å². The number of anilines is 1. The van der Waals surface area contributed by atoms with Gasteiger partial charge in [0.05, 0.1) is 19.3 Å². The number of nitrogens with zero attached hydrogens (tertiary/aromatic N) is 1. The van der Waals surface area contributed by atoms with Crippen LogP contribution in [-0.2, 0) is 20.8 Å². The normalized spacial score (nSPS) is 16.1. The fourth-order valence-corrected chi connectivity index (χ4v) is 2.15. The summed E-state index contributed by atoms with van der Waals surface area (Å²) in [6.45, 7) is 8.41. The molecule has 1 heterocycles. The van der Waals surface area contributed by atoms with E-state index in [1.165, 1.54) is 5.56 Å². The van der Waals surface area contributed by atoms with Crippen molar-refractivity contribution in [2.45, 2.75) is 26.5 Å². The third-order valence-corrected chi connectivity index (χ3v) is 3.30. The summed E-state index contributed by atoms with van der Waals surface area (Å²) < 4.78 is 10.6. The van der Waals surface area contributed by atoms with Crippen molar-refractivity contribution in [1.29, 1.82) is 0 Å². The molecule has 0 spiro atoms. The number of carbonyl (C=O) groups excluding carboxylic acids is 1. The summed E-state index contributed by atoms with van der Waals surface area (Å²) in [5.74, 6) is -0.121. The number of ether oxygens (including phenoxy) is 2. The summed E-state index contributed by atoms with van der Waals surface area (Å²) in [5.41, 5.74) is 2.05. The second-order valence-electron chi connectivity index (χ2n) is 5.49. The van der Waals surface area contributed by atoms with Crippen molar-refractivity contribution >= 4 is 11.6 Å². The number of rotatable bonds is 6. The average Bonchev–Trinajstić information content (AvgIpc) is 2.48. The fraction of sp³-hybridized carbons (Fsp3) is 0.562. The Bertz CT molecular complexity index is 439. The van der Waals surface area contributed by atoms with E-state index in [-0.39, 0.29) is 18.6 Å². The molecule has 0 saturated carbocycles. The van der Waals surface area contributed by atoms with E-state index in [0.717, 1.165) is 38.5 Å². The van der Waals surface area contributed by atoms with Crippen LogP contribution < -0.4 is 5.32 Å². The van der Waals surface area contributed by atoms with Gasteiger partial charge < -0.3 is 14.8 Å². The zero-order valence-corrected chi connectivity index (χ0v) is 12.8. The zero-order chi connectivity index (χ0) is 15.1. The Hall–Kier alpha value is -1.43. The molecule has 5 nitrogen and oxygen atoms in total. The maximum Gasteiger partial charge on any atom is 0.250 e. The molecule has 1 saturated heterocycles. The molecular formula is C16H24N2O3. The number of hydrogen-bond acceptors (Lipinski definition) is 4. The summed E-state index contributed by atoms with van der Waals surface area (Å²) in [6, 6.07) is 7.97. The van der Waals surface area contributed by atoms with Gasteiger partial charge in [0.25, 0.3) is 0 Å². The monoisotopic (exact) mass is 292 g/mol. The summed E-state index contributed by atoms with van der Waals surface area (Å²) in [6.07, 6.45) is 0.0617. The highest BCUT2D eigenvalue weighted by Gasteiger charge is 2.10. The Labute approximate surface area is 126 Å². The van der Waals surface area contributed by atoms with Gasteiger partial charge in [0.15, 0.2) is 0 Å². The molecule has 1 fully saturated rings. The van der Waals surface area contributed by atoms with Crippen LogP contribution in [-0.4, -0.2) is 49.8 Å². The molecular weight excluding hydrogens is 268 g/mol. The topological polar surface area (TPSA) is 50.8 Å². The summed E-state index contributed by atoms with van der Waals surface area (Å²) in [5, 5.41) is 2.83. The Morgan fingerprint density at radius 3 is 2.57 bits per heavy atom. The first-order valence-corrected chi connectivity index (χ1v) is 7.44. The van der Waals surface area contributed by atoms with E-state index >= 15 is 0 Å². The van der Waals surface area contributed by atoms with E-state index in [0.29, 0.717) is 0 Å². The van der Waals surface area contributed by atoms with Crippen LogP contribution in [0.15, 0.2) is 24.3 Å². The number of morpholine rings is 1. The van der Waals surface area contributed by atoms with Crippen LogP contribution in [0.25, 0.3) is 0 Å². The average molecular weight is 292 g/mol. The van der Waals surface area contributed by atoms with Gasteiger partial charge in [-0.05, 0) is 31.5 Å². The summed E-state index contributed by atoms with van der Waals surface area (Å²) in [4.78, 5) is 14.0. The molecule has 1 aromatic rings. The van der Waals surface area contributed by atoms with E-state index in [4.69, 9.17) is 9.47 Å². The third-order valence-electron chi connectivity index (χ3n) is 3.30. The highest BCUT2D eigenvalue weighted by atomic mass is 16.5. The number of carbonyl (C=O) groups is 1. The van der Waals surface area contributed by atoms with E-state index in [1.54, 1.807) is 0 Å². The number of benzene rings is 1. The first-order valence-electron chi connectivity index (χ1n) is 7.44. The second kappa shape index (κ2) is 8.12. The minimum Gasteiger partial charge on any atom is -0.379 e. The lowest BCUT2D eigenvalue weighted by Gasteiger charge is -2.26. The van der Waals surface area contributed by atoms with Crippen molar-refractivity contribution in [3.05, 3.63) is 29.8 Å². The van der Waals surface area contributed by atoms with Gasteiger partial charge in [-0.25, -0.2) is 0 Å². The third kappa shape index (κ3) is 5.83. The largest absolute Gasteiger partial charge is 0.379 e. The summed E-state index contributed by atoms with van der Waals surface area (Å²) >= 11 is 0. The maximum absolute atomic E-state index is 11.7. The van der Waals surface area contributed by atoms with Crippen molar-refractivity contribution < 1.29 is 14.3 Å². The lowest BCUT2D eigenvalue weighted by atomic mass is 10.2. The molecule has 21 heavy (non-hydrogen) atoms. The SMILES string of the molecule is CC(C)OCC(=O)Nc1ccc(CN2CCOCC2)cc1. The maximum atomic E-state index is 11.7. The molecule has 0 radical (unpaired) electrons. The second-order valence-corrected chi connectivity index (χ2v) is 5.49. The lowest BCUT2D eigenvalue weighted by molar-refractivity contribution is -0.121. The Balaban J connectivity index is 1.79. The van der Waals surface area contributed by atoms with Crippen molar-refractivity contribution in [2.75, 3.05) is 38.2 Å². The van der Waals surface area contributed by atoms with Gasteiger partial charge in [-0.2, -0.15) is 0 Å². The van der Waals surface area contributed by atoms with Crippen molar-refractivity contribution in [3.63, 3.8) is 0 Å². The van der Waals surface area contributed by atoms with Gasteiger partial charge in [-0.15, -0.1) is 0 Å². The van der Waals surface area contributed by atoms with Gasteiger partial charge in [0.2, 0.25) is 5.91 Å². The molecule has 2 rings (SSSR count). The zero-order valence-electron chi connectivity index (χ0n) is 12.8. The van der Waals surface area contributed by atoms with Crippen LogP contribution in [0, 0.1) is 0 Å². The fourth-order valence-electron chi connectivity index (χ4n) is 2.15. The Kier molecular flexibility index (Phi) is 6.17. The molecule has 1 aliphatic heterocycles. The number of nitrogens with one attached hydrogen (secondary N) is 1. The predicted molar refractivity (Wildman–Crippen MR) is 82.3 cm³/mol. The van der Waals surface area contributed by atoms with E-state index in [9.17, 15) is 4.79 Å². The number of amides is 1. The lowest BCUT2D eigenvalue weighted by Crippen LogP contribution is -2.35. The van der Waals surface area contributed by atoms with Crippen LogP contribution in [0.5, 0.6) is 0 Å². The van der Waals surface area contributed by atoms with Crippen molar-refractivity contribution in [2.24, 2.45) is 0 Å². The minimum atomic E-state index is -0.121. The molecule has 5 heteroatoms. The standard InChI is InChI=1S/C16H24N2O3/c1-13(2)21-12-16(19)17-15-5-3-14(4-6-15)11-18-7-9-20-10-8-18/h3-6,13H,7-12H2,1-2H3,(H,17,19). The molecule has 0 atom stereocenters. The minimum absolute atomic E-state index is 0.0617. The predicted octanol–water partition coefficient (Wildman–Crippen LogP) is 1.88. The highest BCUT2D eigenvalue weighted by molar-refractivity contribution is 5.91. The van der Waals surface area contributed by atoms with E-state index in [2.05, 4.69) is 10.2 Å². The van der Waals surface area contributed by atoms with E-state index < -0.39 is 0 Å². The molecule has 1 N–H and O–H groups in total. The van der Waals surface area contributed by atoms with Crippen LogP contribution in [0.3, 0.4) is 0 Å². The van der Waals surface area contributed by atoms with E-state index in [1.807, 2.05) is 38.1 Å². The smallest absolute Gasteiger partial charge is 0.250 e.